The molecule has 0 unspecified atom stereocenters. The third-order valence-corrected chi connectivity index (χ3v) is 4.82. The summed E-state index contributed by atoms with van der Waals surface area (Å²) in [7, 11) is 0. The van der Waals surface area contributed by atoms with E-state index < -0.39 is 0 Å². The van der Waals surface area contributed by atoms with Crippen molar-refractivity contribution < 1.29 is 14.3 Å². The van der Waals surface area contributed by atoms with E-state index in [1.807, 2.05) is 26.0 Å². The molecule has 0 aromatic heterocycles. The van der Waals surface area contributed by atoms with Crippen LogP contribution < -0.4 is 4.74 Å². The predicted octanol–water partition coefficient (Wildman–Crippen LogP) is 5.93. The van der Waals surface area contributed by atoms with Crippen molar-refractivity contribution in [3.8, 4) is 16.9 Å². The molecule has 0 atom stereocenters. The van der Waals surface area contributed by atoms with Crippen molar-refractivity contribution in [3.63, 3.8) is 0 Å². The Morgan fingerprint density at radius 1 is 1.19 bits per heavy atom. The molecule has 1 heterocycles. The maximum absolute atomic E-state index is 12.1. The van der Waals surface area contributed by atoms with Gasteiger partial charge in [0.2, 0.25) is 0 Å². The normalized spacial score (nSPS) is 12.0. The highest BCUT2D eigenvalue weighted by Gasteiger charge is 2.21. The van der Waals surface area contributed by atoms with Crippen LogP contribution in [0.4, 0.5) is 0 Å². The Kier molecular flexibility index (Phi) is 5.46. The van der Waals surface area contributed by atoms with Gasteiger partial charge >= 0.3 is 0 Å². The molecule has 3 rings (SSSR count). The van der Waals surface area contributed by atoms with Gasteiger partial charge in [-0.3, -0.25) is 4.79 Å². The zero-order valence-electron chi connectivity index (χ0n) is 15.9. The van der Waals surface area contributed by atoms with Crippen LogP contribution in [0, 0.1) is 6.92 Å². The molecule has 0 saturated carbocycles. The lowest BCUT2D eigenvalue weighted by atomic mass is 9.91. The van der Waals surface area contributed by atoms with Gasteiger partial charge in [0.15, 0.2) is 5.78 Å². The predicted molar refractivity (Wildman–Crippen MR) is 105 cm³/mol. The van der Waals surface area contributed by atoms with E-state index in [9.17, 15) is 4.79 Å². The number of benzene rings is 2. The summed E-state index contributed by atoms with van der Waals surface area (Å²) >= 11 is 0. The van der Waals surface area contributed by atoms with E-state index in [4.69, 9.17) is 9.47 Å². The number of aryl methyl sites for hydroxylation is 1. The molecule has 2 aromatic rings. The van der Waals surface area contributed by atoms with Crippen LogP contribution >= 0.6 is 0 Å². The molecule has 0 fully saturated rings. The molecule has 0 radical (unpaired) electrons. The molecule has 2 aromatic carbocycles. The molecular weight excluding hydrogens is 324 g/mol. The van der Waals surface area contributed by atoms with Gasteiger partial charge < -0.3 is 9.47 Å². The van der Waals surface area contributed by atoms with Crippen LogP contribution in [0.3, 0.4) is 0 Å². The molecule has 0 saturated heterocycles. The van der Waals surface area contributed by atoms with Gasteiger partial charge in [0.1, 0.15) is 18.1 Å². The lowest BCUT2D eigenvalue weighted by Crippen LogP contribution is -2.09. The van der Waals surface area contributed by atoms with Crippen LogP contribution in [0.15, 0.2) is 36.9 Å². The number of carbonyl (C=O) groups excluding carboxylic acids is 1. The average molecular weight is 350 g/mol. The Balaban J connectivity index is 1.91. The summed E-state index contributed by atoms with van der Waals surface area (Å²) in [6.45, 7) is 11.2. The largest absolute Gasteiger partial charge is 0.494 e. The minimum atomic E-state index is 0.149. The second-order valence-electron chi connectivity index (χ2n) is 6.73. The fourth-order valence-electron chi connectivity index (χ4n) is 3.24. The summed E-state index contributed by atoms with van der Waals surface area (Å²) < 4.78 is 11.7. The second kappa shape index (κ2) is 7.77. The lowest BCUT2D eigenvalue weighted by molar-refractivity contribution is 0.0987. The van der Waals surface area contributed by atoms with E-state index in [-0.39, 0.29) is 5.78 Å². The van der Waals surface area contributed by atoms with E-state index in [1.54, 1.807) is 0 Å². The summed E-state index contributed by atoms with van der Waals surface area (Å²) in [5, 5.41) is 0. The van der Waals surface area contributed by atoms with E-state index in [0.717, 1.165) is 52.0 Å². The van der Waals surface area contributed by atoms with E-state index >= 15 is 0 Å². The highest BCUT2D eigenvalue weighted by atomic mass is 16.5. The van der Waals surface area contributed by atoms with Crippen LogP contribution in [-0.2, 0) is 11.3 Å². The van der Waals surface area contributed by atoms with Gasteiger partial charge in [-0.1, -0.05) is 39.0 Å². The minimum absolute atomic E-state index is 0.149. The molecule has 136 valence electrons. The van der Waals surface area contributed by atoms with Crippen LogP contribution in [-0.4, -0.2) is 12.4 Å². The fourth-order valence-corrected chi connectivity index (χ4v) is 3.24. The number of carbonyl (C=O) groups is 1. The number of hydrogen-bond donors (Lipinski definition) is 0. The smallest absolute Gasteiger partial charge is 0.163 e. The first-order chi connectivity index (χ1) is 12.5. The van der Waals surface area contributed by atoms with Gasteiger partial charge in [0.25, 0.3) is 0 Å². The van der Waals surface area contributed by atoms with Gasteiger partial charge in [-0.2, -0.15) is 0 Å². The van der Waals surface area contributed by atoms with Crippen molar-refractivity contribution in [1.29, 1.82) is 0 Å². The number of Topliss-reactive ketones (excluding diaryl/α,β-unsaturated/α-hetero) is 1. The monoisotopic (exact) mass is 350 g/mol. The number of hydrogen-bond acceptors (Lipinski definition) is 3. The Labute approximate surface area is 155 Å². The van der Waals surface area contributed by atoms with Crippen LogP contribution in [0.1, 0.15) is 60.2 Å². The van der Waals surface area contributed by atoms with Gasteiger partial charge in [-0.15, -0.1) is 0 Å². The summed E-state index contributed by atoms with van der Waals surface area (Å²) in [4.78, 5) is 12.1. The zero-order valence-corrected chi connectivity index (χ0v) is 15.9. The molecule has 1 aliphatic rings. The third kappa shape index (κ3) is 3.52. The van der Waals surface area contributed by atoms with Gasteiger partial charge in [-0.25, -0.2) is 0 Å². The molecule has 0 N–H and O–H groups in total. The summed E-state index contributed by atoms with van der Waals surface area (Å²) in [5.41, 5.74) is 6.04. The first kappa shape index (κ1) is 18.2. The molecule has 0 amide bonds. The van der Waals surface area contributed by atoms with E-state index in [0.29, 0.717) is 25.4 Å². The van der Waals surface area contributed by atoms with Gasteiger partial charge in [-0.05, 0) is 48.2 Å². The number of fused-ring (bicyclic) bond motifs is 3. The fraction of sp³-hybridized carbons (Fsp3) is 0.348. The van der Waals surface area contributed by atoms with Crippen molar-refractivity contribution in [2.45, 2.75) is 46.6 Å². The average Bonchev–Trinajstić information content (AvgIpc) is 2.66. The maximum atomic E-state index is 12.1. The highest BCUT2D eigenvalue weighted by Crippen LogP contribution is 2.40. The Bertz CT molecular complexity index is 849. The lowest BCUT2D eigenvalue weighted by Gasteiger charge is -2.23. The number of ketones is 1. The number of rotatable bonds is 7. The molecule has 1 aliphatic heterocycles. The summed E-state index contributed by atoms with van der Waals surface area (Å²) in [5.74, 6) is 1.63. The number of unbranched alkanes of at least 4 members (excludes halogenated alkanes) is 1. The summed E-state index contributed by atoms with van der Waals surface area (Å²) in [6.07, 6.45) is 2.63. The second-order valence-corrected chi connectivity index (χ2v) is 6.73. The van der Waals surface area contributed by atoms with Crippen molar-refractivity contribution >= 4 is 11.5 Å². The van der Waals surface area contributed by atoms with Gasteiger partial charge in [0.05, 0.1) is 6.61 Å². The Morgan fingerprint density at radius 2 is 2.00 bits per heavy atom. The quantitative estimate of drug-likeness (QED) is 0.352. The Hall–Kier alpha value is -2.55. The molecule has 3 heteroatoms. The van der Waals surface area contributed by atoms with E-state index in [2.05, 4.69) is 31.7 Å². The first-order valence-corrected chi connectivity index (χ1v) is 9.31. The summed E-state index contributed by atoms with van der Waals surface area (Å²) in [6, 6.07) is 10.2. The highest BCUT2D eigenvalue weighted by molar-refractivity contribution is 5.98. The molecule has 0 aliphatic carbocycles. The van der Waals surface area contributed by atoms with E-state index in [1.165, 1.54) is 0 Å². The molecule has 0 spiro atoms. The van der Waals surface area contributed by atoms with Crippen LogP contribution in [0.2, 0.25) is 0 Å². The SMILES string of the molecule is C=C(OCCCC)c1ccc2c(c1)COc1cc(C(=O)CC)c(C)cc1-2. The van der Waals surface area contributed by atoms with Crippen molar-refractivity contribution in [2.24, 2.45) is 0 Å². The van der Waals surface area contributed by atoms with Crippen LogP contribution in [0.25, 0.3) is 16.9 Å². The van der Waals surface area contributed by atoms with Crippen molar-refractivity contribution in [1.82, 2.24) is 0 Å². The topological polar surface area (TPSA) is 35.5 Å². The van der Waals surface area contributed by atoms with Crippen LogP contribution in [0.5, 0.6) is 5.75 Å². The molecular formula is C23H26O3. The molecule has 0 bridgehead atoms. The third-order valence-electron chi connectivity index (χ3n) is 4.82. The first-order valence-electron chi connectivity index (χ1n) is 9.31. The number of ether oxygens (including phenoxy) is 2. The Morgan fingerprint density at radius 3 is 2.73 bits per heavy atom. The molecule has 26 heavy (non-hydrogen) atoms. The molecule has 3 nitrogen and oxygen atoms in total. The minimum Gasteiger partial charge on any atom is -0.494 e. The van der Waals surface area contributed by atoms with Crippen molar-refractivity contribution in [3.05, 3.63) is 59.2 Å². The van der Waals surface area contributed by atoms with Gasteiger partial charge in [0, 0.05) is 23.1 Å². The van der Waals surface area contributed by atoms with Crippen molar-refractivity contribution in [2.75, 3.05) is 6.61 Å². The maximum Gasteiger partial charge on any atom is 0.163 e. The standard InChI is InChI=1S/C23H26O3/c1-5-7-10-25-16(4)17-8-9-19-18(12-17)14-26-23-13-20(22(24)6-2)15(3)11-21(19)23/h8-9,11-13H,4-7,10,14H2,1-3H3. The zero-order chi connectivity index (χ0) is 18.7.